The molecule has 0 saturated heterocycles. The number of hydrogen-bond donors (Lipinski definition) is 2. The highest BCUT2D eigenvalue weighted by atomic mass is 16.5. The van der Waals surface area contributed by atoms with Gasteiger partial charge < -0.3 is 24.6 Å². The van der Waals surface area contributed by atoms with E-state index in [0.29, 0.717) is 35.7 Å². The van der Waals surface area contributed by atoms with E-state index in [0.717, 1.165) is 0 Å². The number of aliphatic hydroxyl groups is 1. The molecule has 1 aliphatic heterocycles. The van der Waals surface area contributed by atoms with Crippen molar-refractivity contribution in [3.05, 3.63) is 60.0 Å². The van der Waals surface area contributed by atoms with Crippen molar-refractivity contribution in [1.82, 2.24) is 5.32 Å². The van der Waals surface area contributed by atoms with Crippen molar-refractivity contribution < 1.29 is 24.1 Å². The highest BCUT2D eigenvalue weighted by Gasteiger charge is 2.42. The first-order chi connectivity index (χ1) is 13.9. The topological polar surface area (TPSA) is 101 Å². The van der Waals surface area contributed by atoms with Crippen LogP contribution in [0.1, 0.15) is 37.4 Å². The average Bonchev–Trinajstić information content (AvgIpc) is 2.70. The summed E-state index contributed by atoms with van der Waals surface area (Å²) < 4.78 is 17.0. The van der Waals surface area contributed by atoms with E-state index in [1.54, 1.807) is 50.3 Å². The maximum Gasteiger partial charge on any atom is 0.137 e. The van der Waals surface area contributed by atoms with E-state index >= 15 is 0 Å². The molecule has 0 radical (unpaired) electrons. The summed E-state index contributed by atoms with van der Waals surface area (Å²) in [5.74, 6) is 2.76. The molecular formula is C22H26N2O5. The quantitative estimate of drug-likeness (QED) is 0.270. The third-order valence-corrected chi connectivity index (χ3v) is 4.44. The zero-order valence-electron chi connectivity index (χ0n) is 16.7. The van der Waals surface area contributed by atoms with E-state index < -0.39 is 17.7 Å². The van der Waals surface area contributed by atoms with Gasteiger partial charge in [-0.15, -0.1) is 6.58 Å². The Balaban J connectivity index is 2.25. The molecule has 0 spiro atoms. The summed E-state index contributed by atoms with van der Waals surface area (Å²) in [7, 11) is 0. The van der Waals surface area contributed by atoms with Crippen molar-refractivity contribution in [3.8, 4) is 11.8 Å². The molecule has 7 heteroatoms. The van der Waals surface area contributed by atoms with E-state index in [1.807, 2.05) is 0 Å². The van der Waals surface area contributed by atoms with Crippen LogP contribution in [0.15, 0.2) is 48.9 Å². The number of rotatable bonds is 10. The standard InChI is InChI=1S/C22H26N2O5/c1-4-5-11-28-17(15-27-10-6-9-25)14-24-20-18-12-16(13-23)7-8-19(18)29-22(2,3)21(20)26/h4,6-8,12,14,20-21,24,26H,1,5,10-11,15H2,2-3H3/b17-14+/t20-,21+/m0/s1. The SMILES string of the molecule is C=CCCO/C(=C/N[C@H]1c2cc(C#N)ccc2OC(C)(C)[C@@H]1O)COCC=C=O. The molecule has 0 bridgehead atoms. The zero-order valence-corrected chi connectivity index (χ0v) is 16.7. The maximum atomic E-state index is 10.8. The summed E-state index contributed by atoms with van der Waals surface area (Å²) in [6.45, 7) is 7.93. The number of nitrogens with zero attached hydrogens (tertiary/aromatic N) is 1. The lowest BCUT2D eigenvalue weighted by Crippen LogP contribution is -2.51. The van der Waals surface area contributed by atoms with Crippen LogP contribution < -0.4 is 10.1 Å². The number of benzene rings is 1. The minimum Gasteiger partial charge on any atom is -0.494 e. The Morgan fingerprint density at radius 2 is 2.28 bits per heavy atom. The molecule has 1 aliphatic rings. The maximum absolute atomic E-state index is 10.8. The molecule has 2 N–H and O–H groups in total. The van der Waals surface area contributed by atoms with Crippen LogP contribution in [0.3, 0.4) is 0 Å². The van der Waals surface area contributed by atoms with Gasteiger partial charge in [0.2, 0.25) is 0 Å². The third-order valence-electron chi connectivity index (χ3n) is 4.44. The van der Waals surface area contributed by atoms with Crippen LogP contribution in [0, 0.1) is 11.3 Å². The van der Waals surface area contributed by atoms with Gasteiger partial charge in [-0.2, -0.15) is 5.26 Å². The van der Waals surface area contributed by atoms with Gasteiger partial charge in [-0.25, -0.2) is 4.79 Å². The Bertz CT molecular complexity index is 834. The first kappa shape index (κ1) is 22.3. The van der Waals surface area contributed by atoms with Crippen molar-refractivity contribution in [1.29, 1.82) is 5.26 Å². The number of nitriles is 1. The molecule has 0 saturated carbocycles. The lowest BCUT2D eigenvalue weighted by atomic mass is 9.86. The molecule has 1 aromatic rings. The van der Waals surface area contributed by atoms with Gasteiger partial charge in [0.25, 0.3) is 0 Å². The fourth-order valence-electron chi connectivity index (χ4n) is 2.88. The third kappa shape index (κ3) is 5.97. The van der Waals surface area contributed by atoms with Crippen molar-refractivity contribution in [2.45, 2.75) is 38.0 Å². The number of hydrogen-bond acceptors (Lipinski definition) is 7. The van der Waals surface area contributed by atoms with Gasteiger partial charge in [-0.05, 0) is 38.5 Å². The Kier molecular flexibility index (Phi) is 8.05. The fourth-order valence-corrected chi connectivity index (χ4v) is 2.88. The Labute approximate surface area is 170 Å². The average molecular weight is 398 g/mol. The van der Waals surface area contributed by atoms with E-state index in [2.05, 4.69) is 18.0 Å². The normalized spacial score (nSPS) is 19.7. The second-order valence-electron chi connectivity index (χ2n) is 7.03. The molecular weight excluding hydrogens is 372 g/mol. The van der Waals surface area contributed by atoms with Gasteiger partial charge in [0.15, 0.2) is 0 Å². The fraction of sp³-hybridized carbons (Fsp3) is 0.409. The first-order valence-corrected chi connectivity index (χ1v) is 9.30. The molecule has 2 atom stereocenters. The minimum absolute atomic E-state index is 0.118. The number of fused-ring (bicyclic) bond motifs is 1. The van der Waals surface area contributed by atoms with Crippen molar-refractivity contribution >= 4 is 5.94 Å². The van der Waals surface area contributed by atoms with Gasteiger partial charge in [0.05, 0.1) is 30.9 Å². The molecule has 0 unspecified atom stereocenters. The first-order valence-electron chi connectivity index (χ1n) is 9.30. The zero-order chi connectivity index (χ0) is 21.3. The van der Waals surface area contributed by atoms with Crippen LogP contribution >= 0.6 is 0 Å². The molecule has 1 heterocycles. The molecule has 154 valence electrons. The largest absolute Gasteiger partial charge is 0.494 e. The van der Waals surface area contributed by atoms with Gasteiger partial charge in [0, 0.05) is 17.8 Å². The Morgan fingerprint density at radius 1 is 1.48 bits per heavy atom. The Hall–Kier alpha value is -3.04. The molecule has 29 heavy (non-hydrogen) atoms. The summed E-state index contributed by atoms with van der Waals surface area (Å²) in [5.41, 5.74) is 0.325. The van der Waals surface area contributed by atoms with E-state index in [4.69, 9.17) is 14.2 Å². The van der Waals surface area contributed by atoms with Crippen LogP contribution in [-0.2, 0) is 14.3 Å². The van der Waals surface area contributed by atoms with Crippen LogP contribution in [0.4, 0.5) is 0 Å². The van der Waals surface area contributed by atoms with Gasteiger partial charge in [-0.1, -0.05) is 6.08 Å². The van der Waals surface area contributed by atoms with E-state index in [1.165, 1.54) is 6.08 Å². The molecule has 0 fully saturated rings. The van der Waals surface area contributed by atoms with E-state index in [9.17, 15) is 15.2 Å². The molecule has 1 aromatic carbocycles. The summed E-state index contributed by atoms with van der Waals surface area (Å²) in [5, 5.41) is 23.2. The second kappa shape index (κ2) is 10.5. The lowest BCUT2D eigenvalue weighted by molar-refractivity contribution is -0.0623. The van der Waals surface area contributed by atoms with E-state index in [-0.39, 0.29) is 13.2 Å². The summed E-state index contributed by atoms with van der Waals surface area (Å²) in [6.07, 6.45) is 4.39. The number of nitrogens with one attached hydrogen (secondary N) is 1. The van der Waals surface area contributed by atoms with Gasteiger partial charge in [0.1, 0.15) is 35.8 Å². The Morgan fingerprint density at radius 3 is 2.97 bits per heavy atom. The lowest BCUT2D eigenvalue weighted by Gasteiger charge is -2.42. The van der Waals surface area contributed by atoms with Crippen molar-refractivity contribution in [2.75, 3.05) is 19.8 Å². The highest BCUT2D eigenvalue weighted by molar-refractivity contribution is 5.46. The number of ether oxygens (including phenoxy) is 3. The summed E-state index contributed by atoms with van der Waals surface area (Å²) in [6, 6.07) is 6.69. The summed E-state index contributed by atoms with van der Waals surface area (Å²) >= 11 is 0. The highest BCUT2D eigenvalue weighted by Crippen LogP contribution is 2.40. The minimum atomic E-state index is -0.881. The van der Waals surface area contributed by atoms with Crippen LogP contribution in [0.25, 0.3) is 0 Å². The summed E-state index contributed by atoms with van der Waals surface area (Å²) in [4.78, 5) is 10.3. The monoisotopic (exact) mass is 398 g/mol. The second-order valence-corrected chi connectivity index (χ2v) is 7.03. The van der Waals surface area contributed by atoms with Gasteiger partial charge >= 0.3 is 0 Å². The molecule has 2 rings (SSSR count). The predicted molar refractivity (Wildman–Crippen MR) is 108 cm³/mol. The van der Waals surface area contributed by atoms with Crippen LogP contribution in [0.2, 0.25) is 0 Å². The van der Waals surface area contributed by atoms with Crippen LogP contribution in [-0.4, -0.2) is 42.6 Å². The smallest absolute Gasteiger partial charge is 0.137 e. The number of carbonyl (C=O) groups excluding carboxylic acids is 1. The van der Waals surface area contributed by atoms with Crippen molar-refractivity contribution in [2.24, 2.45) is 0 Å². The molecule has 0 aliphatic carbocycles. The number of aliphatic hydroxyl groups excluding tert-OH is 1. The molecule has 0 aromatic heterocycles. The van der Waals surface area contributed by atoms with Gasteiger partial charge in [-0.3, -0.25) is 0 Å². The van der Waals surface area contributed by atoms with Crippen LogP contribution in [0.5, 0.6) is 5.75 Å². The predicted octanol–water partition coefficient (Wildman–Crippen LogP) is 2.56. The van der Waals surface area contributed by atoms with Crippen molar-refractivity contribution in [3.63, 3.8) is 0 Å². The molecule has 7 nitrogen and oxygen atoms in total. The molecule has 0 amide bonds.